The Labute approximate surface area is 198 Å². The Hall–Kier alpha value is -2.75. The maximum absolute atomic E-state index is 11.0. The highest BCUT2D eigenvalue weighted by Crippen LogP contribution is 2.52. The molecular weight excluding hydrogens is 412 g/mol. The molecule has 4 heteroatoms. The lowest BCUT2D eigenvalue weighted by Gasteiger charge is -2.47. The van der Waals surface area contributed by atoms with E-state index in [1.807, 2.05) is 6.07 Å². The van der Waals surface area contributed by atoms with Gasteiger partial charge >= 0.3 is 5.97 Å². The second kappa shape index (κ2) is 9.62. The Morgan fingerprint density at radius 1 is 1.09 bits per heavy atom. The summed E-state index contributed by atoms with van der Waals surface area (Å²) in [6.45, 7) is 14.3. The van der Waals surface area contributed by atoms with Crippen molar-refractivity contribution in [2.24, 2.45) is 5.92 Å². The summed E-state index contributed by atoms with van der Waals surface area (Å²) < 4.78 is 6.33. The average molecular weight is 451 g/mol. The molecule has 1 aliphatic rings. The third-order valence-corrected chi connectivity index (χ3v) is 7.33. The lowest BCUT2D eigenvalue weighted by Crippen LogP contribution is -2.40. The quantitative estimate of drug-likeness (QED) is 0.326. The molecule has 2 aromatic rings. The minimum absolute atomic E-state index is 0.00377. The van der Waals surface area contributed by atoms with E-state index in [9.17, 15) is 9.90 Å². The van der Waals surface area contributed by atoms with Crippen LogP contribution in [0.25, 0.3) is 17.2 Å². The van der Waals surface area contributed by atoms with Crippen molar-refractivity contribution in [3.8, 4) is 22.6 Å². The number of rotatable bonds is 8. The number of carboxylic acids is 1. The van der Waals surface area contributed by atoms with Crippen LogP contribution in [-0.2, 0) is 15.6 Å². The molecule has 0 spiro atoms. The number of phenols is 1. The molecule has 0 saturated carbocycles. The Balaban J connectivity index is 2.20. The van der Waals surface area contributed by atoms with Crippen LogP contribution in [0.4, 0.5) is 0 Å². The molecule has 0 fully saturated rings. The highest BCUT2D eigenvalue weighted by Gasteiger charge is 2.42. The SMILES string of the molecule is CCCCCOc1cc2c(cc1-c1cc(/C=C/C(=O)O)ccc1O)C(C)(C)CC(C)C2(C)C. The number of aromatic hydroxyl groups is 1. The maximum Gasteiger partial charge on any atom is 0.328 e. The van der Waals surface area contributed by atoms with Crippen molar-refractivity contribution in [1.82, 2.24) is 0 Å². The fourth-order valence-corrected chi connectivity index (χ4v) is 4.97. The Kier molecular flexibility index (Phi) is 7.26. The third-order valence-electron chi connectivity index (χ3n) is 7.33. The van der Waals surface area contributed by atoms with Crippen LogP contribution in [0.15, 0.2) is 36.4 Å². The number of unbranched alkanes of at least 4 members (excludes halogenated alkanes) is 2. The average Bonchev–Trinajstić information content (AvgIpc) is 2.74. The maximum atomic E-state index is 11.0. The van der Waals surface area contributed by atoms with E-state index >= 15 is 0 Å². The number of benzene rings is 2. The van der Waals surface area contributed by atoms with Crippen LogP contribution in [0, 0.1) is 5.92 Å². The number of carbonyl (C=O) groups is 1. The first-order chi connectivity index (χ1) is 15.5. The van der Waals surface area contributed by atoms with Gasteiger partial charge in [-0.1, -0.05) is 60.5 Å². The van der Waals surface area contributed by atoms with Crippen molar-refractivity contribution in [2.45, 2.75) is 78.1 Å². The lowest BCUT2D eigenvalue weighted by molar-refractivity contribution is -0.131. The second-order valence-corrected chi connectivity index (χ2v) is 10.6. The van der Waals surface area contributed by atoms with E-state index in [0.717, 1.165) is 43.1 Å². The van der Waals surface area contributed by atoms with Gasteiger partial charge in [-0.2, -0.15) is 0 Å². The predicted octanol–water partition coefficient (Wildman–Crippen LogP) is 7.32. The smallest absolute Gasteiger partial charge is 0.328 e. The molecule has 2 aromatic carbocycles. The summed E-state index contributed by atoms with van der Waals surface area (Å²) in [5.74, 6) is 0.452. The van der Waals surface area contributed by atoms with E-state index in [1.165, 1.54) is 11.1 Å². The number of hydrogen-bond donors (Lipinski definition) is 2. The summed E-state index contributed by atoms with van der Waals surface area (Å²) >= 11 is 0. The second-order valence-electron chi connectivity index (χ2n) is 10.6. The van der Waals surface area contributed by atoms with E-state index in [-0.39, 0.29) is 16.6 Å². The summed E-state index contributed by atoms with van der Waals surface area (Å²) in [5.41, 5.74) is 4.83. The first-order valence-corrected chi connectivity index (χ1v) is 12.0. The molecule has 0 heterocycles. The summed E-state index contributed by atoms with van der Waals surface area (Å²) in [5, 5.41) is 19.8. The Morgan fingerprint density at radius 3 is 2.48 bits per heavy atom. The molecule has 33 heavy (non-hydrogen) atoms. The Morgan fingerprint density at radius 2 is 1.82 bits per heavy atom. The van der Waals surface area contributed by atoms with Gasteiger partial charge < -0.3 is 14.9 Å². The van der Waals surface area contributed by atoms with Crippen LogP contribution < -0.4 is 4.74 Å². The van der Waals surface area contributed by atoms with Crippen LogP contribution >= 0.6 is 0 Å². The summed E-state index contributed by atoms with van der Waals surface area (Å²) in [7, 11) is 0. The number of carboxylic acid groups (broad SMARTS) is 1. The van der Waals surface area contributed by atoms with Gasteiger partial charge in [-0.3, -0.25) is 0 Å². The van der Waals surface area contributed by atoms with E-state index in [1.54, 1.807) is 18.2 Å². The summed E-state index contributed by atoms with van der Waals surface area (Å²) in [6.07, 6.45) is 6.94. The van der Waals surface area contributed by atoms with Crippen molar-refractivity contribution in [2.75, 3.05) is 6.61 Å². The molecule has 1 atom stereocenters. The molecule has 0 bridgehead atoms. The fourth-order valence-electron chi connectivity index (χ4n) is 4.97. The van der Waals surface area contributed by atoms with Gasteiger partial charge in [0.1, 0.15) is 11.5 Å². The van der Waals surface area contributed by atoms with Crippen LogP contribution in [0.3, 0.4) is 0 Å². The Bertz CT molecular complexity index is 1050. The van der Waals surface area contributed by atoms with Crippen LogP contribution in [-0.4, -0.2) is 22.8 Å². The van der Waals surface area contributed by atoms with Crippen molar-refractivity contribution in [3.63, 3.8) is 0 Å². The third kappa shape index (κ3) is 5.26. The van der Waals surface area contributed by atoms with Crippen molar-refractivity contribution in [3.05, 3.63) is 53.1 Å². The highest BCUT2D eigenvalue weighted by atomic mass is 16.5. The van der Waals surface area contributed by atoms with Crippen molar-refractivity contribution < 1.29 is 19.7 Å². The van der Waals surface area contributed by atoms with Gasteiger partial charge in [0.15, 0.2) is 0 Å². The van der Waals surface area contributed by atoms with E-state index in [2.05, 4.69) is 53.7 Å². The molecule has 0 aromatic heterocycles. The zero-order valence-electron chi connectivity index (χ0n) is 20.9. The van der Waals surface area contributed by atoms with Gasteiger partial charge in [-0.15, -0.1) is 0 Å². The van der Waals surface area contributed by atoms with E-state index < -0.39 is 5.97 Å². The van der Waals surface area contributed by atoms with Crippen LogP contribution in [0.2, 0.25) is 0 Å². The summed E-state index contributed by atoms with van der Waals surface area (Å²) in [6, 6.07) is 9.55. The molecule has 3 rings (SSSR count). The number of ether oxygens (including phenoxy) is 1. The largest absolute Gasteiger partial charge is 0.507 e. The van der Waals surface area contributed by atoms with Gasteiger partial charge in [-0.05, 0) is 76.6 Å². The first-order valence-electron chi connectivity index (χ1n) is 12.0. The topological polar surface area (TPSA) is 66.8 Å². The predicted molar refractivity (Wildman–Crippen MR) is 135 cm³/mol. The lowest BCUT2D eigenvalue weighted by atomic mass is 9.58. The normalized spacial score (nSPS) is 18.8. The zero-order valence-corrected chi connectivity index (χ0v) is 20.9. The molecule has 1 unspecified atom stereocenters. The van der Waals surface area contributed by atoms with Gasteiger partial charge in [0, 0.05) is 17.2 Å². The van der Waals surface area contributed by atoms with Crippen LogP contribution in [0.5, 0.6) is 11.5 Å². The number of phenolic OH excluding ortho intramolecular Hbond substituents is 1. The number of fused-ring (bicyclic) bond motifs is 1. The molecule has 0 saturated heterocycles. The van der Waals surface area contributed by atoms with Gasteiger partial charge in [0.25, 0.3) is 0 Å². The fraction of sp³-hybridized carbons (Fsp3) is 0.483. The van der Waals surface area contributed by atoms with Crippen molar-refractivity contribution in [1.29, 1.82) is 0 Å². The zero-order chi connectivity index (χ0) is 24.4. The molecule has 0 radical (unpaired) electrons. The minimum atomic E-state index is -1.00. The first kappa shape index (κ1) is 24.9. The number of hydrogen-bond acceptors (Lipinski definition) is 3. The molecule has 4 nitrogen and oxygen atoms in total. The highest BCUT2D eigenvalue weighted by molar-refractivity contribution is 5.86. The van der Waals surface area contributed by atoms with Gasteiger partial charge in [0.05, 0.1) is 6.61 Å². The van der Waals surface area contributed by atoms with Gasteiger partial charge in [-0.25, -0.2) is 4.79 Å². The molecule has 2 N–H and O–H groups in total. The van der Waals surface area contributed by atoms with E-state index in [4.69, 9.17) is 9.84 Å². The molecule has 1 aliphatic carbocycles. The number of aliphatic carboxylic acids is 1. The van der Waals surface area contributed by atoms with E-state index in [0.29, 0.717) is 23.7 Å². The molecule has 0 amide bonds. The minimum Gasteiger partial charge on any atom is -0.507 e. The summed E-state index contributed by atoms with van der Waals surface area (Å²) in [4.78, 5) is 11.0. The molecule has 178 valence electrons. The van der Waals surface area contributed by atoms with Crippen molar-refractivity contribution >= 4 is 12.0 Å². The monoisotopic (exact) mass is 450 g/mol. The standard InChI is InChI=1S/C29H38O4/c1-7-8-9-14-33-26-17-24-23(28(3,4)18-19(2)29(24,5)6)16-22(26)21-15-20(10-12-25(21)30)11-13-27(31)32/h10-13,15-17,19,30H,7-9,14,18H2,1-6H3,(H,31,32)/b13-11+. The van der Waals surface area contributed by atoms with Gasteiger partial charge in [0.2, 0.25) is 0 Å². The van der Waals surface area contributed by atoms with Crippen LogP contribution in [0.1, 0.15) is 83.9 Å². The molecular formula is C29H38O4. The molecule has 0 aliphatic heterocycles.